The molecule has 0 saturated heterocycles. The monoisotopic (exact) mass is 794 g/mol. The Morgan fingerprint density at radius 2 is 0.871 bits per heavy atom. The quantitative estimate of drug-likeness (QED) is 0.149. The molecule has 0 fully saturated rings. The van der Waals surface area contributed by atoms with Gasteiger partial charge in [0.1, 0.15) is 11.2 Å². The highest BCUT2D eigenvalue weighted by Gasteiger charge is 2.22. The first-order valence-corrected chi connectivity index (χ1v) is 20.8. The van der Waals surface area contributed by atoms with E-state index in [1.807, 2.05) is 36.4 Å². The molecule has 0 unspecified atom stereocenters. The van der Waals surface area contributed by atoms with Gasteiger partial charge in [0.25, 0.3) is 0 Å². The van der Waals surface area contributed by atoms with Crippen molar-refractivity contribution in [3.8, 4) is 44.5 Å². The van der Waals surface area contributed by atoms with Gasteiger partial charge in [0, 0.05) is 22.3 Å². The first kappa shape index (κ1) is 30.8. The van der Waals surface area contributed by atoms with Gasteiger partial charge in [-0.25, -0.2) is 0 Å². The first-order valence-electron chi connectivity index (χ1n) is 23.3. The number of furan rings is 1. The first-order chi connectivity index (χ1) is 32.8. The molecule has 11 aromatic carbocycles. The average molecular weight is 795 g/mol. The van der Waals surface area contributed by atoms with Crippen molar-refractivity contribution in [2.75, 3.05) is 4.90 Å². The van der Waals surface area contributed by atoms with Gasteiger partial charge in [0.15, 0.2) is 0 Å². The lowest BCUT2D eigenvalue weighted by molar-refractivity contribution is 0.670. The van der Waals surface area contributed by atoms with Gasteiger partial charge in [-0.2, -0.15) is 0 Å². The SMILES string of the molecule is [2H]c1c([2H])c([2H])c(-c2ccc(N(c3ccc(-c4ccc(-c5cccc6ccccc56)cc4)cc3)c3ccc(-c4cccc5c4ccc4ccccc45)cc3)c3c2oc2ccccc23)c([2H])c1[2H]. The molecule has 1 heterocycles. The van der Waals surface area contributed by atoms with Crippen LogP contribution in [0.3, 0.4) is 0 Å². The van der Waals surface area contributed by atoms with E-state index in [0.29, 0.717) is 16.7 Å². The fraction of sp³-hybridized carbons (Fsp3) is 0. The lowest BCUT2D eigenvalue weighted by Crippen LogP contribution is -2.10. The van der Waals surface area contributed by atoms with Crippen LogP contribution in [0.1, 0.15) is 6.85 Å². The van der Waals surface area contributed by atoms with E-state index in [1.54, 1.807) is 0 Å². The zero-order valence-electron chi connectivity index (χ0n) is 38.5. The number of fused-ring (bicyclic) bond motifs is 7. The van der Waals surface area contributed by atoms with Gasteiger partial charge in [0.2, 0.25) is 0 Å². The van der Waals surface area contributed by atoms with E-state index in [2.05, 4.69) is 175 Å². The molecule has 2 nitrogen and oxygen atoms in total. The molecule has 0 aliphatic heterocycles. The predicted molar refractivity (Wildman–Crippen MR) is 263 cm³/mol. The molecular formula is C60H39NO. The Hall–Kier alpha value is -8.20. The molecule has 0 amide bonds. The summed E-state index contributed by atoms with van der Waals surface area (Å²) in [5, 5.41) is 8.86. The van der Waals surface area contributed by atoms with Crippen LogP contribution in [0.2, 0.25) is 0 Å². The summed E-state index contributed by atoms with van der Waals surface area (Å²) >= 11 is 0. The van der Waals surface area contributed by atoms with E-state index < -0.39 is 18.1 Å². The van der Waals surface area contributed by atoms with Crippen LogP contribution in [0.4, 0.5) is 17.1 Å². The Morgan fingerprint density at radius 3 is 1.60 bits per heavy atom. The number of hydrogen-bond acceptors (Lipinski definition) is 2. The second-order valence-electron chi connectivity index (χ2n) is 15.7. The Bertz CT molecular complexity index is 3880. The third-order valence-corrected chi connectivity index (χ3v) is 12.2. The van der Waals surface area contributed by atoms with Gasteiger partial charge in [-0.05, 0) is 114 Å². The molecule has 1 aromatic heterocycles. The minimum absolute atomic E-state index is 0.0937. The average Bonchev–Trinajstić information content (AvgIpc) is 3.78. The molecule has 0 spiro atoms. The van der Waals surface area contributed by atoms with E-state index in [1.165, 1.54) is 37.9 Å². The van der Waals surface area contributed by atoms with E-state index >= 15 is 0 Å². The van der Waals surface area contributed by atoms with Crippen molar-refractivity contribution in [3.05, 3.63) is 236 Å². The lowest BCUT2D eigenvalue weighted by Gasteiger charge is -2.27. The maximum Gasteiger partial charge on any atom is 0.145 e. The summed E-state index contributed by atoms with van der Waals surface area (Å²) in [6, 6.07) is 70.0. The topological polar surface area (TPSA) is 16.4 Å². The molecule has 12 aromatic rings. The van der Waals surface area contributed by atoms with Crippen LogP contribution < -0.4 is 4.90 Å². The van der Waals surface area contributed by atoms with Crippen molar-refractivity contribution >= 4 is 71.3 Å². The van der Waals surface area contributed by atoms with Gasteiger partial charge < -0.3 is 9.32 Å². The van der Waals surface area contributed by atoms with Crippen LogP contribution in [0.25, 0.3) is 98.8 Å². The molecule has 0 atom stereocenters. The Balaban J connectivity index is 1.01. The number of para-hydroxylation sites is 1. The van der Waals surface area contributed by atoms with Gasteiger partial charge in [-0.15, -0.1) is 0 Å². The van der Waals surface area contributed by atoms with Crippen LogP contribution in [0.5, 0.6) is 0 Å². The highest BCUT2D eigenvalue weighted by atomic mass is 16.3. The molecule has 2 heteroatoms. The van der Waals surface area contributed by atoms with Gasteiger partial charge in [-0.1, -0.05) is 194 Å². The van der Waals surface area contributed by atoms with Crippen molar-refractivity contribution in [1.82, 2.24) is 0 Å². The molecule has 0 aliphatic rings. The largest absolute Gasteiger partial charge is 0.455 e. The van der Waals surface area contributed by atoms with E-state index in [4.69, 9.17) is 11.3 Å². The Kier molecular flexibility index (Phi) is 7.35. The smallest absolute Gasteiger partial charge is 0.145 e. The molecule has 290 valence electrons. The summed E-state index contributed by atoms with van der Waals surface area (Å²) in [6.07, 6.45) is 0. The van der Waals surface area contributed by atoms with Crippen LogP contribution in [0.15, 0.2) is 241 Å². The summed E-state index contributed by atoms with van der Waals surface area (Å²) < 4.78 is 49.8. The summed E-state index contributed by atoms with van der Waals surface area (Å²) in [6.45, 7) is 0. The molecule has 0 saturated carbocycles. The van der Waals surface area contributed by atoms with Crippen molar-refractivity contribution in [2.24, 2.45) is 0 Å². The number of hydrogen-bond donors (Lipinski definition) is 0. The third-order valence-electron chi connectivity index (χ3n) is 12.2. The van der Waals surface area contributed by atoms with Gasteiger partial charge in [-0.3, -0.25) is 0 Å². The third kappa shape index (κ3) is 6.04. The predicted octanol–water partition coefficient (Wildman–Crippen LogP) is 17.2. The van der Waals surface area contributed by atoms with Crippen LogP contribution in [-0.2, 0) is 0 Å². The molecule has 0 bridgehead atoms. The Morgan fingerprint density at radius 1 is 0.339 bits per heavy atom. The summed E-state index contributed by atoms with van der Waals surface area (Å²) in [4.78, 5) is 2.21. The fourth-order valence-corrected chi connectivity index (χ4v) is 9.21. The minimum atomic E-state index is -0.438. The van der Waals surface area contributed by atoms with E-state index in [0.717, 1.165) is 55.7 Å². The second kappa shape index (κ2) is 14.8. The minimum Gasteiger partial charge on any atom is -0.455 e. The van der Waals surface area contributed by atoms with E-state index in [9.17, 15) is 0 Å². The van der Waals surface area contributed by atoms with Gasteiger partial charge >= 0.3 is 0 Å². The summed E-state index contributed by atoms with van der Waals surface area (Å²) in [7, 11) is 0. The van der Waals surface area contributed by atoms with Crippen LogP contribution >= 0.6 is 0 Å². The molecule has 0 N–H and O–H groups in total. The number of benzene rings is 11. The zero-order valence-corrected chi connectivity index (χ0v) is 33.5. The number of anilines is 3. The molecule has 12 rings (SSSR count). The summed E-state index contributed by atoms with van der Waals surface area (Å²) in [5.74, 6) is 0. The van der Waals surface area contributed by atoms with Crippen molar-refractivity contribution < 1.29 is 11.3 Å². The van der Waals surface area contributed by atoms with Crippen molar-refractivity contribution in [3.63, 3.8) is 0 Å². The zero-order chi connectivity index (χ0) is 45.3. The maximum absolute atomic E-state index is 8.92. The highest BCUT2D eigenvalue weighted by molar-refractivity contribution is 6.17. The number of nitrogens with zero attached hydrogens (tertiary/aromatic N) is 1. The highest BCUT2D eigenvalue weighted by Crippen LogP contribution is 2.47. The molecule has 62 heavy (non-hydrogen) atoms. The molecule has 0 aliphatic carbocycles. The number of rotatable bonds is 7. The van der Waals surface area contributed by atoms with Crippen molar-refractivity contribution in [2.45, 2.75) is 0 Å². The second-order valence-corrected chi connectivity index (χ2v) is 15.7. The van der Waals surface area contributed by atoms with Gasteiger partial charge in [0.05, 0.1) is 17.9 Å². The summed E-state index contributed by atoms with van der Waals surface area (Å²) in [5.41, 5.74) is 11.0. The molecule has 0 radical (unpaired) electrons. The fourth-order valence-electron chi connectivity index (χ4n) is 9.21. The van der Waals surface area contributed by atoms with E-state index in [-0.39, 0.29) is 17.6 Å². The standard InChI is InChI=1S/C60H39NO/c1-2-12-43(13-3-1)53-38-39-57(59-56-19-8-9-23-58(56)62-60(53)59)61(48-35-30-46(31-36-48)52-21-11-22-54-51-18-7-5-15-44(51)32-37-55(52)54)47-33-28-41(29-34-47)40-24-26-45(27-25-40)50-20-10-16-42-14-4-6-17-49(42)50/h1-39H/i1D,2D,3D,12D,13D. The Labute approximate surface area is 367 Å². The maximum atomic E-state index is 8.92. The molecular weight excluding hydrogens is 751 g/mol. The normalized spacial score (nSPS) is 12.7. The van der Waals surface area contributed by atoms with Crippen molar-refractivity contribution in [1.29, 1.82) is 0 Å². The van der Waals surface area contributed by atoms with Crippen LogP contribution in [0, 0.1) is 0 Å². The lowest BCUT2D eigenvalue weighted by atomic mass is 9.94. The van der Waals surface area contributed by atoms with Crippen LogP contribution in [-0.4, -0.2) is 0 Å².